The highest BCUT2D eigenvalue weighted by atomic mass is 16.2. The van der Waals surface area contributed by atoms with E-state index in [9.17, 15) is 9.59 Å². The van der Waals surface area contributed by atoms with E-state index in [0.29, 0.717) is 61.9 Å². The topological polar surface area (TPSA) is 105 Å². The minimum atomic E-state index is -0.490. The third kappa shape index (κ3) is 3.17. The second kappa shape index (κ2) is 7.54. The number of rotatable bonds is 5. The Hall–Kier alpha value is -3.49. The molecule has 1 aliphatic carbocycles. The summed E-state index contributed by atoms with van der Waals surface area (Å²) in [7, 11) is 0. The Morgan fingerprint density at radius 2 is 2.00 bits per heavy atom. The highest BCUT2D eigenvalue weighted by Gasteiger charge is 2.48. The molecular weight excluding hydrogens is 418 g/mol. The van der Waals surface area contributed by atoms with Crippen molar-refractivity contribution in [2.75, 3.05) is 29.9 Å². The van der Waals surface area contributed by atoms with E-state index >= 15 is 0 Å². The summed E-state index contributed by atoms with van der Waals surface area (Å²) in [6, 6.07) is 7.97. The number of carbonyl (C=O) groups excluding carboxylic acids is 2. The highest BCUT2D eigenvalue weighted by Crippen LogP contribution is 2.45. The fourth-order valence-corrected chi connectivity index (χ4v) is 5.24. The van der Waals surface area contributed by atoms with E-state index < -0.39 is 5.41 Å². The van der Waals surface area contributed by atoms with Crippen LogP contribution < -0.4 is 15.5 Å². The summed E-state index contributed by atoms with van der Waals surface area (Å²) in [4.78, 5) is 41.6. The molecule has 0 atom stereocenters. The minimum Gasteiger partial charge on any atom is -0.355 e. The third-order valence-corrected chi connectivity index (χ3v) is 7.32. The van der Waals surface area contributed by atoms with Crippen LogP contribution in [0.2, 0.25) is 0 Å². The van der Waals surface area contributed by atoms with Gasteiger partial charge >= 0.3 is 0 Å². The maximum atomic E-state index is 12.9. The van der Waals surface area contributed by atoms with Crippen LogP contribution in [0.25, 0.3) is 11.2 Å². The van der Waals surface area contributed by atoms with Gasteiger partial charge in [0.05, 0.1) is 5.41 Å². The third-order valence-electron chi connectivity index (χ3n) is 7.32. The molecule has 3 aliphatic rings. The number of hydrogen-bond donors (Lipinski definition) is 2. The van der Waals surface area contributed by atoms with E-state index in [-0.39, 0.29) is 11.8 Å². The standard InChI is InChI=1S/C24H27N7O2/c1-2-31-20-18(29-21(31)22(32)25-13-15-7-8-15)19(26-14-27-20)30-11-9-24(10-12-30)16-5-3-4-6-17(16)28-23(24)33/h3-6,14-15H,2,7-13H2,1H3,(H,25,32)(H,28,33). The Bertz CT molecular complexity index is 1250. The van der Waals surface area contributed by atoms with Gasteiger partial charge in [0.25, 0.3) is 5.91 Å². The number of carbonyl (C=O) groups is 2. The number of benzene rings is 1. The van der Waals surface area contributed by atoms with Gasteiger partial charge in [0.2, 0.25) is 11.7 Å². The van der Waals surface area contributed by atoms with Gasteiger partial charge in [-0.3, -0.25) is 9.59 Å². The summed E-state index contributed by atoms with van der Waals surface area (Å²) in [5.74, 6) is 1.63. The molecule has 0 radical (unpaired) electrons. The van der Waals surface area contributed by atoms with E-state index in [1.54, 1.807) is 6.33 Å². The number of aromatic nitrogens is 4. The van der Waals surface area contributed by atoms with Gasteiger partial charge in [-0.1, -0.05) is 18.2 Å². The molecule has 170 valence electrons. The molecule has 1 saturated carbocycles. The Morgan fingerprint density at radius 1 is 1.21 bits per heavy atom. The van der Waals surface area contributed by atoms with E-state index in [0.717, 1.165) is 17.1 Å². The number of nitrogens with zero attached hydrogens (tertiary/aromatic N) is 5. The second-order valence-corrected chi connectivity index (χ2v) is 9.27. The molecule has 2 aromatic heterocycles. The molecule has 1 aromatic carbocycles. The van der Waals surface area contributed by atoms with Crippen molar-refractivity contribution in [3.05, 3.63) is 42.0 Å². The molecule has 3 aromatic rings. The number of aryl methyl sites for hydroxylation is 1. The van der Waals surface area contributed by atoms with E-state index in [2.05, 4.69) is 31.6 Å². The first-order chi connectivity index (χ1) is 16.1. The van der Waals surface area contributed by atoms with Crippen LogP contribution in [-0.2, 0) is 16.8 Å². The van der Waals surface area contributed by atoms with Gasteiger partial charge in [-0.2, -0.15) is 0 Å². The summed E-state index contributed by atoms with van der Waals surface area (Å²) in [5.41, 5.74) is 2.83. The zero-order valence-corrected chi connectivity index (χ0v) is 18.7. The number of nitrogens with one attached hydrogen (secondary N) is 2. The molecule has 1 spiro atoms. The van der Waals surface area contributed by atoms with Crippen LogP contribution in [0.5, 0.6) is 0 Å². The molecule has 9 nitrogen and oxygen atoms in total. The molecule has 2 amide bonds. The van der Waals surface area contributed by atoms with Crippen molar-refractivity contribution in [1.82, 2.24) is 24.8 Å². The molecule has 2 aliphatic heterocycles. The number of piperidine rings is 1. The number of para-hydroxylation sites is 1. The van der Waals surface area contributed by atoms with Gasteiger partial charge in [0, 0.05) is 31.9 Å². The highest BCUT2D eigenvalue weighted by molar-refractivity contribution is 6.06. The van der Waals surface area contributed by atoms with Crippen molar-refractivity contribution in [2.24, 2.45) is 5.92 Å². The number of hydrogen-bond acceptors (Lipinski definition) is 6. The van der Waals surface area contributed by atoms with Crippen LogP contribution in [-0.4, -0.2) is 51.0 Å². The molecular formula is C24H27N7O2. The van der Waals surface area contributed by atoms with Gasteiger partial charge in [-0.15, -0.1) is 0 Å². The first-order valence-corrected chi connectivity index (χ1v) is 11.8. The fraction of sp³-hybridized carbons (Fsp3) is 0.458. The smallest absolute Gasteiger partial charge is 0.287 e. The van der Waals surface area contributed by atoms with Crippen LogP contribution in [0.3, 0.4) is 0 Å². The number of fused-ring (bicyclic) bond motifs is 3. The molecule has 2 fully saturated rings. The summed E-state index contributed by atoms with van der Waals surface area (Å²) >= 11 is 0. The van der Waals surface area contributed by atoms with Crippen LogP contribution >= 0.6 is 0 Å². The lowest BCUT2D eigenvalue weighted by atomic mass is 9.73. The van der Waals surface area contributed by atoms with Gasteiger partial charge in [-0.05, 0) is 50.2 Å². The van der Waals surface area contributed by atoms with Crippen molar-refractivity contribution in [3.63, 3.8) is 0 Å². The first-order valence-electron chi connectivity index (χ1n) is 11.8. The monoisotopic (exact) mass is 445 g/mol. The van der Waals surface area contributed by atoms with Gasteiger partial charge < -0.3 is 20.1 Å². The maximum absolute atomic E-state index is 12.9. The molecule has 2 N–H and O–H groups in total. The Balaban J connectivity index is 1.29. The molecule has 6 rings (SSSR count). The average molecular weight is 446 g/mol. The second-order valence-electron chi connectivity index (χ2n) is 9.27. The lowest BCUT2D eigenvalue weighted by Crippen LogP contribution is -2.46. The van der Waals surface area contributed by atoms with Crippen molar-refractivity contribution in [3.8, 4) is 0 Å². The van der Waals surface area contributed by atoms with Gasteiger partial charge in [0.15, 0.2) is 17.0 Å². The number of anilines is 2. The Labute approximate surface area is 191 Å². The van der Waals surface area contributed by atoms with Gasteiger partial charge in [-0.25, -0.2) is 15.0 Å². The van der Waals surface area contributed by atoms with Crippen LogP contribution in [0, 0.1) is 5.92 Å². The molecule has 0 bridgehead atoms. The average Bonchev–Trinajstić information content (AvgIpc) is 3.54. The lowest BCUT2D eigenvalue weighted by Gasteiger charge is -2.38. The van der Waals surface area contributed by atoms with Crippen molar-refractivity contribution < 1.29 is 9.59 Å². The van der Waals surface area contributed by atoms with E-state index in [1.165, 1.54) is 12.8 Å². The molecule has 9 heteroatoms. The van der Waals surface area contributed by atoms with Crippen molar-refractivity contribution in [2.45, 2.75) is 44.6 Å². The molecule has 4 heterocycles. The molecule has 33 heavy (non-hydrogen) atoms. The lowest BCUT2D eigenvalue weighted by molar-refractivity contribution is -0.121. The largest absolute Gasteiger partial charge is 0.355 e. The summed E-state index contributed by atoms with van der Waals surface area (Å²) in [6.45, 7) is 4.63. The SMILES string of the molecule is CCn1c(C(=O)NCC2CC2)nc2c(N3CCC4(CC3)C(=O)Nc3ccccc34)ncnc21. The first kappa shape index (κ1) is 20.1. The van der Waals surface area contributed by atoms with Crippen molar-refractivity contribution in [1.29, 1.82) is 0 Å². The number of amides is 2. The molecule has 1 saturated heterocycles. The van der Waals surface area contributed by atoms with E-state index in [4.69, 9.17) is 4.98 Å². The minimum absolute atomic E-state index is 0.0843. The zero-order chi connectivity index (χ0) is 22.6. The summed E-state index contributed by atoms with van der Waals surface area (Å²) in [6.07, 6.45) is 5.30. The van der Waals surface area contributed by atoms with Crippen LogP contribution in [0.1, 0.15) is 48.8 Å². The normalized spacial score (nSPS) is 19.1. The molecule has 0 unspecified atom stereocenters. The summed E-state index contributed by atoms with van der Waals surface area (Å²) < 4.78 is 1.86. The van der Waals surface area contributed by atoms with E-state index in [1.807, 2.05) is 29.7 Å². The number of imidazole rings is 1. The Kier molecular flexibility index (Phi) is 4.60. The predicted octanol–water partition coefficient (Wildman–Crippen LogP) is 2.48. The van der Waals surface area contributed by atoms with Gasteiger partial charge in [0.1, 0.15) is 6.33 Å². The zero-order valence-electron chi connectivity index (χ0n) is 18.7. The quantitative estimate of drug-likeness (QED) is 0.625. The van der Waals surface area contributed by atoms with Crippen LogP contribution in [0.15, 0.2) is 30.6 Å². The van der Waals surface area contributed by atoms with Crippen molar-refractivity contribution >= 4 is 34.5 Å². The van der Waals surface area contributed by atoms with Crippen LogP contribution in [0.4, 0.5) is 11.5 Å². The predicted molar refractivity (Wildman–Crippen MR) is 124 cm³/mol. The Morgan fingerprint density at radius 3 is 2.76 bits per heavy atom. The fourth-order valence-electron chi connectivity index (χ4n) is 5.24. The summed E-state index contributed by atoms with van der Waals surface area (Å²) in [5, 5.41) is 6.07. The maximum Gasteiger partial charge on any atom is 0.287 e.